The minimum atomic E-state index is -1.17. The standard InChI is InChI=1S/C31H36N4O6/c1-20(2)29(30(39)33-21(3)31(40)41)34-27(37)14-8-13-26(36)32-18-17-28(38)35-19-24-11-5-4-9-22(24)15-16-23-10-6-7-12-25(23)35/h4-7,9-12,20-21,29H,8,13-14,17-19H2,1-3H3,(H,32,36)(H,33,39)(H,34,37)(H,40,41)/t21-,29?/m0/s1. The Kier molecular flexibility index (Phi) is 11.0. The van der Waals surface area contributed by atoms with Crippen LogP contribution in [0.25, 0.3) is 0 Å². The van der Waals surface area contributed by atoms with Gasteiger partial charge in [-0.3, -0.25) is 24.0 Å². The Bertz CT molecular complexity index is 1360. The topological polar surface area (TPSA) is 145 Å². The first kappa shape index (κ1) is 30.9. The summed E-state index contributed by atoms with van der Waals surface area (Å²) in [4.78, 5) is 63.1. The summed E-state index contributed by atoms with van der Waals surface area (Å²) in [5.74, 6) is 3.48. The first-order valence-electron chi connectivity index (χ1n) is 13.7. The van der Waals surface area contributed by atoms with E-state index < -0.39 is 29.9 Å². The van der Waals surface area contributed by atoms with Crippen molar-refractivity contribution in [3.63, 3.8) is 0 Å². The van der Waals surface area contributed by atoms with Gasteiger partial charge in [0.05, 0.1) is 12.2 Å². The number of anilines is 1. The summed E-state index contributed by atoms with van der Waals surface area (Å²) < 4.78 is 0. The van der Waals surface area contributed by atoms with Gasteiger partial charge in [0.15, 0.2) is 0 Å². The number of hydrogen-bond acceptors (Lipinski definition) is 5. The summed E-state index contributed by atoms with van der Waals surface area (Å²) in [5, 5.41) is 16.7. The van der Waals surface area contributed by atoms with Crippen LogP contribution >= 0.6 is 0 Å². The average Bonchev–Trinajstić information content (AvgIpc) is 2.92. The minimum absolute atomic E-state index is 0.0162. The molecule has 0 saturated heterocycles. The van der Waals surface area contributed by atoms with E-state index in [0.717, 1.165) is 22.4 Å². The van der Waals surface area contributed by atoms with Gasteiger partial charge >= 0.3 is 5.97 Å². The monoisotopic (exact) mass is 560 g/mol. The lowest BCUT2D eigenvalue weighted by molar-refractivity contribution is -0.142. The van der Waals surface area contributed by atoms with Crippen molar-refractivity contribution < 1.29 is 29.1 Å². The quantitative estimate of drug-likeness (QED) is 0.293. The second kappa shape index (κ2) is 14.7. The zero-order valence-corrected chi connectivity index (χ0v) is 23.5. The molecule has 2 atom stereocenters. The molecular weight excluding hydrogens is 524 g/mol. The molecule has 0 radical (unpaired) electrons. The zero-order valence-electron chi connectivity index (χ0n) is 23.5. The van der Waals surface area contributed by atoms with Gasteiger partial charge in [-0.05, 0) is 43.0 Å². The number of para-hydroxylation sites is 1. The normalized spacial score (nSPS) is 13.2. The summed E-state index contributed by atoms with van der Waals surface area (Å²) in [6.45, 7) is 5.33. The van der Waals surface area contributed by atoms with E-state index in [4.69, 9.17) is 5.11 Å². The van der Waals surface area contributed by atoms with Crippen molar-refractivity contribution in [2.75, 3.05) is 11.4 Å². The number of carbonyl (C=O) groups excluding carboxylic acids is 4. The molecule has 0 saturated carbocycles. The summed E-state index contributed by atoms with van der Waals surface area (Å²) >= 11 is 0. The summed E-state index contributed by atoms with van der Waals surface area (Å²) in [6, 6.07) is 13.2. The lowest BCUT2D eigenvalue weighted by Crippen LogP contribution is -2.53. The number of rotatable bonds is 12. The first-order chi connectivity index (χ1) is 19.6. The van der Waals surface area contributed by atoms with Crippen LogP contribution in [0.1, 0.15) is 63.1 Å². The molecule has 1 unspecified atom stereocenters. The predicted octanol–water partition coefficient (Wildman–Crippen LogP) is 2.34. The molecule has 0 aromatic heterocycles. The number of nitrogens with one attached hydrogen (secondary N) is 3. The third-order valence-electron chi connectivity index (χ3n) is 6.64. The Labute approximate surface area is 239 Å². The summed E-state index contributed by atoms with van der Waals surface area (Å²) in [6.07, 6.45) is 0.433. The molecule has 2 aromatic rings. The smallest absolute Gasteiger partial charge is 0.325 e. The van der Waals surface area contributed by atoms with Crippen molar-refractivity contribution in [1.29, 1.82) is 0 Å². The van der Waals surface area contributed by atoms with Crippen LogP contribution in [0.3, 0.4) is 0 Å². The largest absolute Gasteiger partial charge is 0.480 e. The first-order valence-corrected chi connectivity index (χ1v) is 13.7. The molecule has 0 aliphatic carbocycles. The third-order valence-corrected chi connectivity index (χ3v) is 6.64. The van der Waals surface area contributed by atoms with E-state index in [1.165, 1.54) is 6.92 Å². The Morgan fingerprint density at radius 3 is 2.20 bits per heavy atom. The van der Waals surface area contributed by atoms with Crippen LogP contribution < -0.4 is 20.9 Å². The number of nitrogens with zero attached hydrogens (tertiary/aromatic N) is 1. The minimum Gasteiger partial charge on any atom is -0.480 e. The van der Waals surface area contributed by atoms with Gasteiger partial charge in [0.1, 0.15) is 12.1 Å². The SMILES string of the molecule is CC(C)C(NC(=O)CCCC(=O)NCCC(=O)N1Cc2ccccc2C#Cc2ccccc21)C(=O)N[C@@H](C)C(=O)O. The highest BCUT2D eigenvalue weighted by molar-refractivity contribution is 5.95. The van der Waals surface area contributed by atoms with Crippen LogP contribution in [0.4, 0.5) is 5.69 Å². The van der Waals surface area contributed by atoms with E-state index in [1.807, 2.05) is 48.5 Å². The molecule has 0 spiro atoms. The fourth-order valence-electron chi connectivity index (χ4n) is 4.29. The van der Waals surface area contributed by atoms with Gasteiger partial charge in [0.25, 0.3) is 0 Å². The van der Waals surface area contributed by atoms with Crippen molar-refractivity contribution in [1.82, 2.24) is 16.0 Å². The molecule has 3 rings (SSSR count). The molecule has 10 nitrogen and oxygen atoms in total. The van der Waals surface area contributed by atoms with E-state index in [1.54, 1.807) is 18.7 Å². The molecule has 0 bridgehead atoms. The van der Waals surface area contributed by atoms with Gasteiger partial charge in [-0.2, -0.15) is 0 Å². The van der Waals surface area contributed by atoms with E-state index in [-0.39, 0.29) is 50.0 Å². The maximum absolute atomic E-state index is 13.2. The Morgan fingerprint density at radius 1 is 0.854 bits per heavy atom. The van der Waals surface area contributed by atoms with Crippen molar-refractivity contribution in [3.05, 3.63) is 65.2 Å². The van der Waals surface area contributed by atoms with Gasteiger partial charge < -0.3 is 26.0 Å². The van der Waals surface area contributed by atoms with Crippen molar-refractivity contribution in [3.8, 4) is 11.8 Å². The molecule has 4 amide bonds. The van der Waals surface area contributed by atoms with Crippen LogP contribution in [0.15, 0.2) is 48.5 Å². The summed E-state index contributed by atoms with van der Waals surface area (Å²) in [7, 11) is 0. The molecule has 41 heavy (non-hydrogen) atoms. The van der Waals surface area contributed by atoms with Gasteiger partial charge in [0, 0.05) is 36.9 Å². The van der Waals surface area contributed by atoms with Crippen LogP contribution in [-0.4, -0.2) is 53.3 Å². The molecule has 1 heterocycles. The lowest BCUT2D eigenvalue weighted by Gasteiger charge is -2.26. The lowest BCUT2D eigenvalue weighted by atomic mass is 10.0. The molecular formula is C31H36N4O6. The van der Waals surface area contributed by atoms with Gasteiger partial charge in [0.2, 0.25) is 23.6 Å². The molecule has 10 heteroatoms. The molecule has 2 aromatic carbocycles. The zero-order chi connectivity index (χ0) is 29.9. The van der Waals surface area contributed by atoms with E-state index in [2.05, 4.69) is 27.8 Å². The van der Waals surface area contributed by atoms with Crippen LogP contribution in [-0.2, 0) is 30.5 Å². The summed E-state index contributed by atoms with van der Waals surface area (Å²) in [5.41, 5.74) is 3.29. The van der Waals surface area contributed by atoms with E-state index in [0.29, 0.717) is 6.54 Å². The number of benzene rings is 2. The van der Waals surface area contributed by atoms with Crippen LogP contribution in [0.5, 0.6) is 0 Å². The molecule has 216 valence electrons. The van der Waals surface area contributed by atoms with Crippen molar-refractivity contribution in [2.24, 2.45) is 5.92 Å². The van der Waals surface area contributed by atoms with Gasteiger partial charge in [-0.15, -0.1) is 0 Å². The fourth-order valence-corrected chi connectivity index (χ4v) is 4.29. The Hall–Kier alpha value is -4.65. The fraction of sp³-hybridized carbons (Fsp3) is 0.387. The van der Waals surface area contributed by atoms with E-state index in [9.17, 15) is 24.0 Å². The highest BCUT2D eigenvalue weighted by atomic mass is 16.4. The van der Waals surface area contributed by atoms with E-state index >= 15 is 0 Å². The third kappa shape index (κ3) is 8.93. The molecule has 1 aliphatic heterocycles. The van der Waals surface area contributed by atoms with Gasteiger partial charge in [-0.25, -0.2) is 0 Å². The predicted molar refractivity (Wildman–Crippen MR) is 154 cm³/mol. The van der Waals surface area contributed by atoms with Crippen LogP contribution in [0.2, 0.25) is 0 Å². The number of aliphatic carboxylic acids is 1. The second-order valence-electron chi connectivity index (χ2n) is 10.2. The Balaban J connectivity index is 1.46. The average molecular weight is 561 g/mol. The molecule has 1 aliphatic rings. The number of carboxylic acid groups (broad SMARTS) is 1. The number of carboxylic acids is 1. The van der Waals surface area contributed by atoms with Crippen molar-refractivity contribution >= 4 is 35.3 Å². The van der Waals surface area contributed by atoms with Crippen molar-refractivity contribution in [2.45, 2.75) is 65.1 Å². The number of amides is 4. The van der Waals surface area contributed by atoms with Gasteiger partial charge in [-0.1, -0.05) is 56.0 Å². The number of carbonyl (C=O) groups is 5. The van der Waals surface area contributed by atoms with Crippen LogP contribution in [0, 0.1) is 17.8 Å². The highest BCUT2D eigenvalue weighted by Crippen LogP contribution is 2.25. The Morgan fingerprint density at radius 2 is 1.49 bits per heavy atom. The number of fused-ring (bicyclic) bond motifs is 2. The second-order valence-corrected chi connectivity index (χ2v) is 10.2. The maximum atomic E-state index is 13.2. The molecule has 4 N–H and O–H groups in total. The maximum Gasteiger partial charge on any atom is 0.325 e. The number of hydrogen-bond donors (Lipinski definition) is 4. The molecule has 0 fully saturated rings. The highest BCUT2D eigenvalue weighted by Gasteiger charge is 2.27.